The number of aromatic nitrogens is 2. The third kappa shape index (κ3) is 7.91. The van der Waals surface area contributed by atoms with Crippen molar-refractivity contribution in [2.75, 3.05) is 29.9 Å². The molecule has 0 radical (unpaired) electrons. The van der Waals surface area contributed by atoms with Gasteiger partial charge in [-0.1, -0.05) is 20.3 Å². The van der Waals surface area contributed by atoms with Crippen molar-refractivity contribution < 1.29 is 40.7 Å². The molecule has 264 valence electrons. The van der Waals surface area contributed by atoms with E-state index >= 15 is 0 Å². The number of likely N-dealkylation sites (N-methyl/N-ethyl adjacent to an activating group) is 1. The van der Waals surface area contributed by atoms with Crippen molar-refractivity contribution in [3.05, 3.63) is 47.3 Å². The zero-order chi connectivity index (χ0) is 34.8. The van der Waals surface area contributed by atoms with E-state index < -0.39 is 29.5 Å². The van der Waals surface area contributed by atoms with Gasteiger partial charge in [0, 0.05) is 44.8 Å². The molecular formula is C33H42F6N6O3. The highest BCUT2D eigenvalue weighted by molar-refractivity contribution is 5.93. The Morgan fingerprint density at radius 2 is 1.46 bits per heavy atom. The number of urea groups is 1. The van der Waals surface area contributed by atoms with Gasteiger partial charge < -0.3 is 19.4 Å². The lowest BCUT2D eigenvalue weighted by atomic mass is 9.87. The summed E-state index contributed by atoms with van der Waals surface area (Å²) in [6, 6.07) is 0.290. The minimum Gasteiger partial charge on any atom is -0.446 e. The maximum Gasteiger partial charge on any atom is 0.416 e. The van der Waals surface area contributed by atoms with Crippen molar-refractivity contribution in [3.8, 4) is 0 Å². The molecule has 9 nitrogen and oxygen atoms in total. The number of alkyl halides is 6. The van der Waals surface area contributed by atoms with E-state index in [4.69, 9.17) is 4.74 Å². The highest BCUT2D eigenvalue weighted by atomic mass is 19.4. The predicted molar refractivity (Wildman–Crippen MR) is 166 cm³/mol. The van der Waals surface area contributed by atoms with Crippen LogP contribution in [-0.4, -0.2) is 76.3 Å². The molecule has 1 aromatic carbocycles. The highest BCUT2D eigenvalue weighted by Gasteiger charge is 2.42. The molecule has 1 aromatic heterocycles. The molecule has 3 amide bonds. The standard InChI is InChI=1S/C33H42F6N6O3/c1-4-24-16-26(17-25(5-2)45(24)31(47)48-28-9-7-6-8-10-28)44(29-40-18-27(19-41-29)43-12-11-42(3)30(43)46)20-21-13-22(32(34,35)36)15-23(14-21)33(37,38)39/h13-15,18-19,24-26,28H,4-12,16-17,20H2,1-3H3/t24-,25+,26+. The van der Waals surface area contributed by atoms with Crippen LogP contribution in [0.1, 0.15) is 88.3 Å². The molecule has 3 fully saturated rings. The number of anilines is 2. The maximum atomic E-state index is 13.8. The van der Waals surface area contributed by atoms with Gasteiger partial charge in [0.2, 0.25) is 5.95 Å². The summed E-state index contributed by atoms with van der Waals surface area (Å²) in [5.74, 6) is 0.0951. The van der Waals surface area contributed by atoms with Crippen LogP contribution in [0.15, 0.2) is 30.6 Å². The van der Waals surface area contributed by atoms with Crippen LogP contribution in [0.5, 0.6) is 0 Å². The minimum absolute atomic E-state index is 0.0951. The molecule has 1 aliphatic carbocycles. The summed E-state index contributed by atoms with van der Waals surface area (Å²) >= 11 is 0. The van der Waals surface area contributed by atoms with Gasteiger partial charge in [0.05, 0.1) is 29.2 Å². The van der Waals surface area contributed by atoms with Gasteiger partial charge in [0.1, 0.15) is 6.10 Å². The van der Waals surface area contributed by atoms with Crippen LogP contribution in [-0.2, 0) is 23.6 Å². The van der Waals surface area contributed by atoms with Crippen molar-refractivity contribution in [2.24, 2.45) is 0 Å². The molecular weight excluding hydrogens is 642 g/mol. The van der Waals surface area contributed by atoms with Gasteiger partial charge in [-0.2, -0.15) is 26.3 Å². The molecule has 1 saturated carbocycles. The van der Waals surface area contributed by atoms with Crippen LogP contribution in [0.3, 0.4) is 0 Å². The number of nitrogens with zero attached hydrogens (tertiary/aromatic N) is 6. The Balaban J connectivity index is 1.49. The third-order valence-electron chi connectivity index (χ3n) is 9.70. The first kappa shape index (κ1) is 35.5. The zero-order valence-corrected chi connectivity index (χ0v) is 27.4. The number of likely N-dealkylation sites (tertiary alicyclic amines) is 1. The molecule has 0 N–H and O–H groups in total. The quantitative estimate of drug-likeness (QED) is 0.263. The van der Waals surface area contributed by atoms with Crippen LogP contribution in [0.2, 0.25) is 0 Å². The number of hydrogen-bond donors (Lipinski definition) is 0. The summed E-state index contributed by atoms with van der Waals surface area (Å²) in [6.07, 6.45) is -1.07. The van der Waals surface area contributed by atoms with E-state index in [1.54, 1.807) is 16.8 Å². The lowest BCUT2D eigenvalue weighted by molar-refractivity contribution is -0.143. The van der Waals surface area contributed by atoms with E-state index in [9.17, 15) is 35.9 Å². The highest BCUT2D eigenvalue weighted by Crippen LogP contribution is 2.38. The van der Waals surface area contributed by atoms with E-state index in [1.165, 1.54) is 22.2 Å². The van der Waals surface area contributed by atoms with Gasteiger partial charge in [0.25, 0.3) is 0 Å². The van der Waals surface area contributed by atoms with Crippen LogP contribution >= 0.6 is 0 Å². The van der Waals surface area contributed by atoms with E-state index in [0.717, 1.165) is 44.2 Å². The number of rotatable bonds is 8. The Morgan fingerprint density at radius 1 is 0.896 bits per heavy atom. The minimum atomic E-state index is -5.00. The first-order valence-electron chi connectivity index (χ1n) is 16.6. The van der Waals surface area contributed by atoms with E-state index in [2.05, 4.69) is 9.97 Å². The number of benzene rings is 1. The number of amides is 3. The summed E-state index contributed by atoms with van der Waals surface area (Å²) < 4.78 is 88.7. The molecule has 15 heteroatoms. The first-order chi connectivity index (χ1) is 22.7. The number of hydrogen-bond acceptors (Lipinski definition) is 6. The SMILES string of the molecule is CC[C@@H]1C[C@H](N(Cc2cc(C(F)(F)F)cc(C(F)(F)F)c2)c2ncc(N3CCN(C)C3=O)cn2)C[C@H](CC)N1C(=O)OC1CCCCC1. The van der Waals surface area contributed by atoms with Crippen molar-refractivity contribution in [1.29, 1.82) is 0 Å². The summed E-state index contributed by atoms with van der Waals surface area (Å²) in [5, 5.41) is 0. The zero-order valence-electron chi connectivity index (χ0n) is 27.4. The van der Waals surface area contributed by atoms with Crippen LogP contribution < -0.4 is 9.80 Å². The number of piperidine rings is 1. The number of carbonyl (C=O) groups is 2. The smallest absolute Gasteiger partial charge is 0.416 e. The van der Waals surface area contributed by atoms with Gasteiger partial charge in [-0.05, 0) is 75.1 Å². The molecule has 0 bridgehead atoms. The van der Waals surface area contributed by atoms with E-state index in [0.29, 0.717) is 44.5 Å². The fourth-order valence-electron chi connectivity index (χ4n) is 7.07. The third-order valence-corrected chi connectivity index (χ3v) is 9.70. The second kappa shape index (κ2) is 14.4. The van der Waals surface area contributed by atoms with Crippen LogP contribution in [0.4, 0.5) is 47.6 Å². The van der Waals surface area contributed by atoms with Gasteiger partial charge >= 0.3 is 24.5 Å². The molecule has 3 heterocycles. The van der Waals surface area contributed by atoms with E-state index in [1.807, 2.05) is 13.8 Å². The monoisotopic (exact) mass is 684 g/mol. The van der Waals surface area contributed by atoms with Crippen molar-refractivity contribution in [3.63, 3.8) is 0 Å². The molecule has 5 rings (SSSR count). The Hall–Kier alpha value is -3.78. The van der Waals surface area contributed by atoms with Crippen LogP contribution in [0.25, 0.3) is 0 Å². The van der Waals surface area contributed by atoms with Gasteiger partial charge in [-0.3, -0.25) is 4.90 Å². The Bertz CT molecular complexity index is 1390. The summed E-state index contributed by atoms with van der Waals surface area (Å²) in [7, 11) is 1.66. The Kier molecular flexibility index (Phi) is 10.6. The number of halogens is 6. The van der Waals surface area contributed by atoms with E-state index in [-0.39, 0.29) is 54.4 Å². The molecule has 3 aliphatic rings. The average Bonchev–Trinajstić information content (AvgIpc) is 3.39. The molecule has 2 aromatic rings. The fraction of sp³-hybridized carbons (Fsp3) is 0.636. The topological polar surface area (TPSA) is 82.1 Å². The van der Waals surface area contributed by atoms with Gasteiger partial charge in [0.15, 0.2) is 0 Å². The van der Waals surface area contributed by atoms with Gasteiger partial charge in [-0.15, -0.1) is 0 Å². The molecule has 2 aliphatic heterocycles. The Morgan fingerprint density at radius 3 is 1.94 bits per heavy atom. The second-order valence-corrected chi connectivity index (χ2v) is 12.9. The second-order valence-electron chi connectivity index (χ2n) is 12.9. The largest absolute Gasteiger partial charge is 0.446 e. The van der Waals surface area contributed by atoms with Gasteiger partial charge in [-0.25, -0.2) is 19.6 Å². The number of carbonyl (C=O) groups excluding carboxylic acids is 2. The lowest BCUT2D eigenvalue weighted by Crippen LogP contribution is -2.57. The molecule has 48 heavy (non-hydrogen) atoms. The van der Waals surface area contributed by atoms with Crippen molar-refractivity contribution in [1.82, 2.24) is 19.8 Å². The first-order valence-corrected chi connectivity index (χ1v) is 16.6. The summed E-state index contributed by atoms with van der Waals surface area (Å²) in [4.78, 5) is 41.5. The molecule has 3 atom stereocenters. The molecule has 0 spiro atoms. The van der Waals surface area contributed by atoms with Crippen molar-refractivity contribution in [2.45, 2.75) is 115 Å². The predicted octanol–water partition coefficient (Wildman–Crippen LogP) is 7.88. The van der Waals surface area contributed by atoms with Crippen LogP contribution in [0, 0.1) is 0 Å². The lowest BCUT2D eigenvalue weighted by Gasteiger charge is -2.47. The Labute approximate surface area is 276 Å². The summed E-state index contributed by atoms with van der Waals surface area (Å²) in [6.45, 7) is 4.44. The summed E-state index contributed by atoms with van der Waals surface area (Å²) in [5.41, 5.74) is -2.59. The average molecular weight is 685 g/mol. The maximum absolute atomic E-state index is 13.8. The fourth-order valence-corrected chi connectivity index (χ4v) is 7.07. The van der Waals surface area contributed by atoms with Crippen molar-refractivity contribution >= 4 is 23.8 Å². The molecule has 2 saturated heterocycles. The molecule has 0 unspecified atom stereocenters. The number of ether oxygens (including phenoxy) is 1. The normalized spacial score (nSPS) is 22.7.